The maximum Gasteiger partial charge on any atom is 0.303 e. The molecule has 0 saturated heterocycles. The van der Waals surface area contributed by atoms with Crippen LogP contribution < -0.4 is 5.32 Å². The van der Waals surface area contributed by atoms with Crippen LogP contribution in [0.3, 0.4) is 0 Å². The van der Waals surface area contributed by atoms with Crippen LogP contribution in [0.5, 0.6) is 0 Å². The molecule has 0 unspecified atom stereocenters. The van der Waals surface area contributed by atoms with Crippen LogP contribution in [0.1, 0.15) is 18.1 Å². The average Bonchev–Trinajstić information content (AvgIpc) is 2.97. The van der Waals surface area contributed by atoms with Gasteiger partial charge in [-0.3, -0.25) is 14.7 Å². The van der Waals surface area contributed by atoms with Crippen LogP contribution in [0.4, 0.5) is 5.82 Å². The summed E-state index contributed by atoms with van der Waals surface area (Å²) in [6.07, 6.45) is 0. The molecule has 3 aromatic rings. The molecular formula is C19H19N3O3. The van der Waals surface area contributed by atoms with Crippen LogP contribution in [0, 0.1) is 13.8 Å². The van der Waals surface area contributed by atoms with Crippen LogP contribution in [0.2, 0.25) is 0 Å². The van der Waals surface area contributed by atoms with Crippen molar-refractivity contribution in [2.45, 2.75) is 20.8 Å². The molecule has 1 heterocycles. The Labute approximate surface area is 145 Å². The second-order valence-corrected chi connectivity index (χ2v) is 5.98. The number of esters is 1. The van der Waals surface area contributed by atoms with E-state index < -0.39 is 11.9 Å². The average molecular weight is 337 g/mol. The molecule has 0 aliphatic carbocycles. The summed E-state index contributed by atoms with van der Waals surface area (Å²) in [5.74, 6) is -0.512. The molecule has 0 aliphatic heterocycles. The molecule has 0 fully saturated rings. The predicted octanol–water partition coefficient (Wildman–Crippen LogP) is 3.35. The fourth-order valence-electron chi connectivity index (χ4n) is 2.66. The van der Waals surface area contributed by atoms with E-state index in [4.69, 9.17) is 0 Å². The molecule has 0 atom stereocenters. The molecule has 25 heavy (non-hydrogen) atoms. The van der Waals surface area contributed by atoms with Crippen molar-refractivity contribution in [3.05, 3.63) is 47.5 Å². The van der Waals surface area contributed by atoms with E-state index in [0.717, 1.165) is 22.0 Å². The summed E-state index contributed by atoms with van der Waals surface area (Å²) in [6, 6.07) is 12.3. The van der Waals surface area contributed by atoms with Gasteiger partial charge in [0, 0.05) is 12.3 Å². The second kappa shape index (κ2) is 6.76. The Morgan fingerprint density at radius 2 is 1.96 bits per heavy atom. The lowest BCUT2D eigenvalue weighted by molar-refractivity contribution is -0.144. The van der Waals surface area contributed by atoms with Crippen LogP contribution in [0.25, 0.3) is 22.0 Å². The zero-order chi connectivity index (χ0) is 18.0. The van der Waals surface area contributed by atoms with Crippen molar-refractivity contribution in [3.8, 4) is 11.1 Å². The molecule has 0 bridgehead atoms. The SMILES string of the molecule is CC(=O)OCC(=O)Nc1n[nH]c2cc(-c3cc(C)ccc3C)ccc12. The van der Waals surface area contributed by atoms with Crippen molar-refractivity contribution in [1.29, 1.82) is 0 Å². The third-order valence-corrected chi connectivity index (χ3v) is 3.93. The summed E-state index contributed by atoms with van der Waals surface area (Å²) >= 11 is 0. The maximum atomic E-state index is 11.8. The smallest absolute Gasteiger partial charge is 0.303 e. The van der Waals surface area contributed by atoms with Crippen LogP contribution >= 0.6 is 0 Å². The first-order valence-corrected chi connectivity index (χ1v) is 7.93. The normalized spacial score (nSPS) is 10.7. The number of rotatable bonds is 4. The molecule has 0 spiro atoms. The fraction of sp³-hybridized carbons (Fsp3) is 0.211. The number of ether oxygens (including phenoxy) is 1. The lowest BCUT2D eigenvalue weighted by Crippen LogP contribution is -2.20. The van der Waals surface area contributed by atoms with Crippen molar-refractivity contribution in [2.75, 3.05) is 11.9 Å². The van der Waals surface area contributed by atoms with Gasteiger partial charge in [-0.25, -0.2) is 0 Å². The first-order valence-electron chi connectivity index (χ1n) is 7.93. The van der Waals surface area contributed by atoms with Crippen molar-refractivity contribution in [3.63, 3.8) is 0 Å². The molecule has 1 aromatic heterocycles. The minimum absolute atomic E-state index is 0.329. The number of hydrogen-bond acceptors (Lipinski definition) is 4. The van der Waals surface area contributed by atoms with E-state index in [-0.39, 0.29) is 6.61 Å². The number of nitrogens with one attached hydrogen (secondary N) is 2. The third kappa shape index (κ3) is 3.68. The van der Waals surface area contributed by atoms with E-state index in [1.54, 1.807) is 0 Å². The summed E-state index contributed by atoms with van der Waals surface area (Å²) in [7, 11) is 0. The molecule has 6 nitrogen and oxygen atoms in total. The quantitative estimate of drug-likeness (QED) is 0.715. The van der Waals surface area contributed by atoms with Crippen molar-refractivity contribution in [1.82, 2.24) is 10.2 Å². The number of nitrogens with zero attached hydrogens (tertiary/aromatic N) is 1. The van der Waals surface area contributed by atoms with Gasteiger partial charge in [0.25, 0.3) is 5.91 Å². The second-order valence-electron chi connectivity index (χ2n) is 5.98. The zero-order valence-electron chi connectivity index (χ0n) is 14.3. The van der Waals surface area contributed by atoms with Gasteiger partial charge >= 0.3 is 5.97 Å². The number of carbonyl (C=O) groups is 2. The highest BCUT2D eigenvalue weighted by Gasteiger charge is 2.12. The largest absolute Gasteiger partial charge is 0.456 e. The number of anilines is 1. The van der Waals surface area contributed by atoms with Gasteiger partial charge in [-0.1, -0.05) is 29.8 Å². The number of aryl methyl sites for hydroxylation is 2. The molecular weight excluding hydrogens is 318 g/mol. The molecule has 0 aliphatic rings. The summed E-state index contributed by atoms with van der Waals surface area (Å²) in [6.45, 7) is 5.07. The first kappa shape index (κ1) is 16.7. The van der Waals surface area contributed by atoms with Crippen molar-refractivity contribution >= 4 is 28.6 Å². The molecule has 2 aromatic carbocycles. The number of carbonyl (C=O) groups excluding carboxylic acids is 2. The highest BCUT2D eigenvalue weighted by molar-refractivity contribution is 6.01. The summed E-state index contributed by atoms with van der Waals surface area (Å²) in [5, 5.41) is 10.5. The van der Waals surface area contributed by atoms with Gasteiger partial charge in [0.1, 0.15) is 0 Å². The number of aromatic amines is 1. The lowest BCUT2D eigenvalue weighted by Gasteiger charge is -2.08. The van der Waals surface area contributed by atoms with Gasteiger partial charge in [0.2, 0.25) is 0 Å². The number of benzene rings is 2. The van der Waals surface area contributed by atoms with E-state index in [1.165, 1.54) is 18.1 Å². The minimum atomic E-state index is -0.500. The molecule has 3 rings (SSSR count). The molecule has 128 valence electrons. The zero-order valence-corrected chi connectivity index (χ0v) is 14.3. The summed E-state index contributed by atoms with van der Waals surface area (Å²) in [5.41, 5.74) is 5.45. The lowest BCUT2D eigenvalue weighted by atomic mass is 9.98. The number of hydrogen-bond donors (Lipinski definition) is 2. The molecule has 6 heteroatoms. The Kier molecular flexibility index (Phi) is 4.52. The van der Waals surface area contributed by atoms with Gasteiger partial charge in [-0.15, -0.1) is 0 Å². The van der Waals surface area contributed by atoms with E-state index >= 15 is 0 Å². The van der Waals surface area contributed by atoms with Crippen LogP contribution in [0.15, 0.2) is 36.4 Å². The number of fused-ring (bicyclic) bond motifs is 1. The Morgan fingerprint density at radius 1 is 1.16 bits per heavy atom. The van der Waals surface area contributed by atoms with E-state index in [1.807, 2.05) is 18.2 Å². The highest BCUT2D eigenvalue weighted by atomic mass is 16.5. The Bertz CT molecular complexity index is 960. The van der Waals surface area contributed by atoms with E-state index in [2.05, 4.69) is 52.3 Å². The van der Waals surface area contributed by atoms with E-state index in [0.29, 0.717) is 5.82 Å². The third-order valence-electron chi connectivity index (χ3n) is 3.93. The number of aromatic nitrogens is 2. The maximum absolute atomic E-state index is 11.8. The molecule has 0 saturated carbocycles. The Balaban J connectivity index is 1.87. The minimum Gasteiger partial charge on any atom is -0.456 e. The topological polar surface area (TPSA) is 84.1 Å². The number of H-pyrrole nitrogens is 1. The molecule has 1 amide bonds. The Hall–Kier alpha value is -3.15. The Morgan fingerprint density at radius 3 is 2.72 bits per heavy atom. The summed E-state index contributed by atoms with van der Waals surface area (Å²) < 4.78 is 4.68. The van der Waals surface area contributed by atoms with Gasteiger partial charge in [-0.2, -0.15) is 5.10 Å². The molecule has 2 N–H and O–H groups in total. The standard InChI is InChI=1S/C19H19N3O3/c1-11-4-5-12(2)16(8-11)14-6-7-15-17(9-14)21-22-19(15)20-18(24)10-25-13(3)23/h4-9H,10H2,1-3H3,(H2,20,21,22,24). The van der Waals surface area contributed by atoms with Crippen LogP contribution in [-0.4, -0.2) is 28.7 Å². The summed E-state index contributed by atoms with van der Waals surface area (Å²) in [4.78, 5) is 22.5. The van der Waals surface area contributed by atoms with Crippen LogP contribution in [-0.2, 0) is 14.3 Å². The first-order chi connectivity index (χ1) is 11.9. The van der Waals surface area contributed by atoms with Crippen molar-refractivity contribution < 1.29 is 14.3 Å². The predicted molar refractivity (Wildman–Crippen MR) is 96.3 cm³/mol. The van der Waals surface area contributed by atoms with Gasteiger partial charge < -0.3 is 10.1 Å². The van der Waals surface area contributed by atoms with Crippen molar-refractivity contribution in [2.24, 2.45) is 0 Å². The van der Waals surface area contributed by atoms with Gasteiger partial charge in [0.15, 0.2) is 12.4 Å². The van der Waals surface area contributed by atoms with E-state index in [9.17, 15) is 9.59 Å². The van der Waals surface area contributed by atoms with Gasteiger partial charge in [0.05, 0.1) is 5.52 Å². The monoisotopic (exact) mass is 337 g/mol. The molecule has 0 radical (unpaired) electrons. The fourth-order valence-corrected chi connectivity index (χ4v) is 2.66. The van der Waals surface area contributed by atoms with Gasteiger partial charge in [-0.05, 0) is 42.7 Å². The highest BCUT2D eigenvalue weighted by Crippen LogP contribution is 2.29. The number of amides is 1.